The smallest absolute Gasteiger partial charge is 0.326 e. The highest BCUT2D eigenvalue weighted by Gasteiger charge is 2.58. The second kappa shape index (κ2) is 5.49. The molecule has 3 heterocycles. The van der Waals surface area contributed by atoms with Gasteiger partial charge < -0.3 is 14.9 Å². The van der Waals surface area contributed by atoms with Crippen molar-refractivity contribution in [2.45, 2.75) is 48.9 Å². The van der Waals surface area contributed by atoms with Gasteiger partial charge in [-0.05, 0) is 38.3 Å². The van der Waals surface area contributed by atoms with E-state index < -0.39 is 22.8 Å². The van der Waals surface area contributed by atoms with E-state index in [-0.39, 0.29) is 17.2 Å². The lowest BCUT2D eigenvalue weighted by Gasteiger charge is -2.34. The Bertz CT molecular complexity index is 778. The molecule has 0 saturated carbocycles. The van der Waals surface area contributed by atoms with E-state index in [9.17, 15) is 19.5 Å². The first-order valence-electron chi connectivity index (χ1n) is 8.45. The van der Waals surface area contributed by atoms with Crippen LogP contribution in [-0.2, 0) is 9.59 Å². The van der Waals surface area contributed by atoms with Crippen LogP contribution in [0.15, 0.2) is 24.3 Å². The monoisotopic (exact) mass is 360 g/mol. The zero-order valence-corrected chi connectivity index (χ0v) is 15.0. The Morgan fingerprint density at radius 3 is 2.72 bits per heavy atom. The number of nitrogens with zero attached hydrogens (tertiary/aromatic N) is 2. The Hall–Kier alpha value is -2.02. The average Bonchev–Trinajstić information content (AvgIpc) is 3.21. The number of aliphatic carboxylic acids is 1. The van der Waals surface area contributed by atoms with Crippen LogP contribution in [0.1, 0.15) is 48.0 Å². The molecule has 0 spiro atoms. The van der Waals surface area contributed by atoms with Gasteiger partial charge in [0.05, 0.1) is 0 Å². The second-order valence-electron chi connectivity index (χ2n) is 7.30. The van der Waals surface area contributed by atoms with Crippen LogP contribution in [0.2, 0.25) is 0 Å². The summed E-state index contributed by atoms with van der Waals surface area (Å²) in [5.41, 5.74) is 1.58. The Morgan fingerprint density at radius 2 is 2.00 bits per heavy atom. The van der Waals surface area contributed by atoms with Gasteiger partial charge in [0.15, 0.2) is 0 Å². The summed E-state index contributed by atoms with van der Waals surface area (Å²) in [4.78, 5) is 40.8. The van der Waals surface area contributed by atoms with Crippen molar-refractivity contribution in [3.05, 3.63) is 35.4 Å². The van der Waals surface area contributed by atoms with Crippen molar-refractivity contribution in [2.24, 2.45) is 0 Å². The van der Waals surface area contributed by atoms with Gasteiger partial charge in [0, 0.05) is 16.9 Å². The molecule has 3 aliphatic heterocycles. The first-order chi connectivity index (χ1) is 11.8. The van der Waals surface area contributed by atoms with E-state index in [0.717, 1.165) is 5.56 Å². The first kappa shape index (κ1) is 16.4. The molecule has 6 nitrogen and oxygen atoms in total. The van der Waals surface area contributed by atoms with Crippen LogP contribution in [0.3, 0.4) is 0 Å². The van der Waals surface area contributed by atoms with E-state index in [0.29, 0.717) is 24.9 Å². The number of hydrogen-bond donors (Lipinski definition) is 1. The number of carbonyl (C=O) groups is 3. The number of likely N-dealkylation sites (tertiary alicyclic amines) is 1. The molecule has 1 aromatic rings. The molecule has 0 aliphatic carbocycles. The molecular weight excluding hydrogens is 340 g/mol. The summed E-state index contributed by atoms with van der Waals surface area (Å²) in [6, 6.07) is 6.02. The number of carboxylic acids is 1. The predicted molar refractivity (Wildman–Crippen MR) is 93.2 cm³/mol. The molecule has 25 heavy (non-hydrogen) atoms. The maximum atomic E-state index is 13.3. The van der Waals surface area contributed by atoms with Gasteiger partial charge in [-0.1, -0.05) is 18.2 Å². The highest BCUT2D eigenvalue weighted by Crippen LogP contribution is 2.57. The van der Waals surface area contributed by atoms with Crippen molar-refractivity contribution in [1.29, 1.82) is 0 Å². The summed E-state index contributed by atoms with van der Waals surface area (Å²) in [7, 11) is 0. The first-order valence-corrected chi connectivity index (χ1v) is 9.33. The summed E-state index contributed by atoms with van der Waals surface area (Å²) in [6.45, 7) is 4.35. The molecule has 7 heteroatoms. The third-order valence-corrected chi connectivity index (χ3v) is 6.89. The van der Waals surface area contributed by atoms with E-state index in [4.69, 9.17) is 0 Å². The molecule has 3 aliphatic rings. The zero-order valence-electron chi connectivity index (χ0n) is 14.1. The van der Waals surface area contributed by atoms with Gasteiger partial charge >= 0.3 is 5.97 Å². The molecule has 0 radical (unpaired) electrons. The fourth-order valence-electron chi connectivity index (χ4n) is 4.22. The van der Waals surface area contributed by atoms with Gasteiger partial charge in [0.2, 0.25) is 5.91 Å². The minimum atomic E-state index is -0.970. The Balaban J connectivity index is 1.71. The van der Waals surface area contributed by atoms with Crippen LogP contribution in [0, 0.1) is 0 Å². The van der Waals surface area contributed by atoms with Crippen molar-refractivity contribution < 1.29 is 19.5 Å². The lowest BCUT2D eigenvalue weighted by Crippen LogP contribution is -2.55. The van der Waals surface area contributed by atoms with Crippen molar-refractivity contribution in [1.82, 2.24) is 9.80 Å². The predicted octanol–water partition coefficient (Wildman–Crippen LogP) is 2.11. The molecule has 0 bridgehead atoms. The SMILES string of the molecule is CC1(C)SC2c3ccccc3C(=O)N2[C@@H]1C(=O)N1CCC[C@H]1C(=O)O. The van der Waals surface area contributed by atoms with Gasteiger partial charge in [-0.3, -0.25) is 9.59 Å². The fraction of sp³-hybridized carbons (Fsp3) is 0.500. The van der Waals surface area contributed by atoms with E-state index in [1.165, 1.54) is 4.90 Å². The molecule has 2 fully saturated rings. The van der Waals surface area contributed by atoms with E-state index >= 15 is 0 Å². The molecule has 132 valence electrons. The quantitative estimate of drug-likeness (QED) is 0.874. The largest absolute Gasteiger partial charge is 0.480 e. The van der Waals surface area contributed by atoms with E-state index in [1.54, 1.807) is 22.7 Å². The number of amides is 2. The summed E-state index contributed by atoms with van der Waals surface area (Å²) < 4.78 is -0.476. The highest BCUT2D eigenvalue weighted by atomic mass is 32.2. The molecule has 2 amide bonds. The van der Waals surface area contributed by atoms with Crippen LogP contribution in [-0.4, -0.2) is 56.1 Å². The van der Waals surface area contributed by atoms with Crippen LogP contribution >= 0.6 is 11.8 Å². The molecule has 2 saturated heterocycles. The molecule has 3 atom stereocenters. The van der Waals surface area contributed by atoms with Crippen molar-refractivity contribution in [2.75, 3.05) is 6.54 Å². The standard InChI is InChI=1S/C18H20N2O4S/c1-18(2)13(15(22)19-9-5-8-12(19)17(23)24)20-14(21)10-6-3-4-7-11(10)16(20)25-18/h3-4,6-7,12-13,16H,5,8-9H2,1-2H3,(H,23,24)/t12-,13+,16?/m0/s1. The lowest BCUT2D eigenvalue weighted by atomic mass is 9.99. The number of carboxylic acid groups (broad SMARTS) is 1. The fourth-order valence-corrected chi connectivity index (χ4v) is 5.81. The van der Waals surface area contributed by atoms with Gasteiger partial charge in [-0.15, -0.1) is 11.8 Å². The number of hydrogen-bond acceptors (Lipinski definition) is 4. The minimum Gasteiger partial charge on any atom is -0.480 e. The Labute approximate surface area is 150 Å². The lowest BCUT2D eigenvalue weighted by molar-refractivity contribution is -0.150. The van der Waals surface area contributed by atoms with Crippen molar-refractivity contribution in [3.8, 4) is 0 Å². The van der Waals surface area contributed by atoms with Crippen LogP contribution in [0.25, 0.3) is 0 Å². The summed E-state index contributed by atoms with van der Waals surface area (Å²) >= 11 is 1.60. The zero-order chi connectivity index (χ0) is 17.9. The van der Waals surface area contributed by atoms with Crippen LogP contribution < -0.4 is 0 Å². The van der Waals surface area contributed by atoms with Crippen molar-refractivity contribution >= 4 is 29.5 Å². The number of carbonyl (C=O) groups excluding carboxylic acids is 2. The van der Waals surface area contributed by atoms with Crippen LogP contribution in [0.5, 0.6) is 0 Å². The topological polar surface area (TPSA) is 77.9 Å². The molecule has 1 aromatic carbocycles. The summed E-state index contributed by atoms with van der Waals surface area (Å²) in [5, 5.41) is 9.23. The minimum absolute atomic E-state index is 0.136. The van der Waals surface area contributed by atoms with Gasteiger partial charge in [-0.25, -0.2) is 4.79 Å². The van der Waals surface area contributed by atoms with E-state index in [2.05, 4.69) is 0 Å². The maximum absolute atomic E-state index is 13.3. The number of thioether (sulfide) groups is 1. The third kappa shape index (κ3) is 2.28. The van der Waals surface area contributed by atoms with Crippen LogP contribution in [0.4, 0.5) is 0 Å². The molecule has 1 unspecified atom stereocenters. The second-order valence-corrected chi connectivity index (χ2v) is 9.04. The summed E-state index contributed by atoms with van der Waals surface area (Å²) in [6.07, 6.45) is 1.15. The molecular formula is C18H20N2O4S. The van der Waals surface area contributed by atoms with Gasteiger partial charge in [0.1, 0.15) is 17.5 Å². The molecule has 4 rings (SSSR count). The normalized spacial score (nSPS) is 29.7. The van der Waals surface area contributed by atoms with Gasteiger partial charge in [0.25, 0.3) is 5.91 Å². The third-order valence-electron chi connectivity index (χ3n) is 5.35. The number of rotatable bonds is 2. The molecule has 0 aromatic heterocycles. The molecule has 1 N–H and O–H groups in total. The van der Waals surface area contributed by atoms with Crippen molar-refractivity contribution in [3.63, 3.8) is 0 Å². The van der Waals surface area contributed by atoms with E-state index in [1.807, 2.05) is 32.0 Å². The number of benzene rings is 1. The Morgan fingerprint density at radius 1 is 1.28 bits per heavy atom. The average molecular weight is 360 g/mol. The maximum Gasteiger partial charge on any atom is 0.326 e. The summed E-state index contributed by atoms with van der Waals surface area (Å²) in [5.74, 6) is -1.35. The highest BCUT2D eigenvalue weighted by molar-refractivity contribution is 8.01. The van der Waals surface area contributed by atoms with Gasteiger partial charge in [-0.2, -0.15) is 0 Å². The number of fused-ring (bicyclic) bond motifs is 3. The Kier molecular flexibility index (Phi) is 3.61.